The molecule has 1 aromatic carbocycles. The van der Waals surface area contributed by atoms with Crippen LogP contribution in [-0.4, -0.2) is 22.2 Å². The number of nitrogens with one attached hydrogen (secondary N) is 1. The standard InChI is InChI=1S/C15H20FNO3/c1-9(18)13-8-12(6-7-14(13)16)17-11-4-2-10(3-5-11)15(19)20/h6-11,17-18H,2-5H2,1H3,(H,19,20). The van der Waals surface area contributed by atoms with Crippen molar-refractivity contribution in [1.29, 1.82) is 0 Å². The molecule has 0 saturated heterocycles. The number of carboxylic acid groups (broad SMARTS) is 1. The van der Waals surface area contributed by atoms with E-state index < -0.39 is 17.9 Å². The van der Waals surface area contributed by atoms with E-state index in [9.17, 15) is 14.3 Å². The minimum atomic E-state index is -0.848. The van der Waals surface area contributed by atoms with Gasteiger partial charge in [0, 0.05) is 17.3 Å². The Morgan fingerprint density at radius 1 is 1.35 bits per heavy atom. The number of rotatable bonds is 4. The molecule has 0 spiro atoms. The van der Waals surface area contributed by atoms with Crippen molar-refractivity contribution in [3.8, 4) is 0 Å². The third-order valence-corrected chi connectivity index (χ3v) is 3.89. The minimum Gasteiger partial charge on any atom is -0.481 e. The van der Waals surface area contributed by atoms with Crippen LogP contribution >= 0.6 is 0 Å². The van der Waals surface area contributed by atoms with Crippen LogP contribution in [0, 0.1) is 11.7 Å². The fraction of sp³-hybridized carbons (Fsp3) is 0.533. The van der Waals surface area contributed by atoms with Gasteiger partial charge in [-0.2, -0.15) is 0 Å². The smallest absolute Gasteiger partial charge is 0.306 e. The summed E-state index contributed by atoms with van der Waals surface area (Å²) in [5, 5.41) is 21.7. The van der Waals surface area contributed by atoms with E-state index in [2.05, 4.69) is 5.32 Å². The van der Waals surface area contributed by atoms with E-state index in [-0.39, 0.29) is 17.5 Å². The van der Waals surface area contributed by atoms with Gasteiger partial charge in [-0.05, 0) is 50.8 Å². The van der Waals surface area contributed by atoms with Gasteiger partial charge in [-0.3, -0.25) is 4.79 Å². The SMILES string of the molecule is CC(O)c1cc(NC2CCC(C(=O)O)CC2)ccc1F. The van der Waals surface area contributed by atoms with Gasteiger partial charge in [0.2, 0.25) is 0 Å². The van der Waals surface area contributed by atoms with Crippen LogP contribution in [0.15, 0.2) is 18.2 Å². The highest BCUT2D eigenvalue weighted by molar-refractivity contribution is 5.70. The third-order valence-electron chi connectivity index (χ3n) is 3.89. The number of hydrogen-bond donors (Lipinski definition) is 3. The van der Waals surface area contributed by atoms with Crippen molar-refractivity contribution in [1.82, 2.24) is 0 Å². The molecule has 20 heavy (non-hydrogen) atoms. The summed E-state index contributed by atoms with van der Waals surface area (Å²) >= 11 is 0. The zero-order valence-electron chi connectivity index (χ0n) is 11.5. The average molecular weight is 281 g/mol. The Labute approximate surface area is 117 Å². The van der Waals surface area contributed by atoms with Crippen molar-refractivity contribution in [3.63, 3.8) is 0 Å². The molecule has 1 atom stereocenters. The van der Waals surface area contributed by atoms with Crippen LogP contribution in [0.5, 0.6) is 0 Å². The second kappa shape index (κ2) is 6.22. The Morgan fingerprint density at radius 2 is 2.00 bits per heavy atom. The molecule has 0 heterocycles. The predicted molar refractivity (Wildman–Crippen MR) is 74.0 cm³/mol. The molecule has 1 unspecified atom stereocenters. The summed E-state index contributed by atoms with van der Waals surface area (Å²) in [6, 6.07) is 4.80. The van der Waals surface area contributed by atoms with Gasteiger partial charge in [-0.15, -0.1) is 0 Å². The molecule has 2 rings (SSSR count). The number of halogens is 1. The van der Waals surface area contributed by atoms with E-state index in [4.69, 9.17) is 5.11 Å². The van der Waals surface area contributed by atoms with Crippen molar-refractivity contribution in [2.45, 2.75) is 44.8 Å². The summed E-state index contributed by atoms with van der Waals surface area (Å²) in [6.07, 6.45) is 2.06. The van der Waals surface area contributed by atoms with Crippen LogP contribution in [0.3, 0.4) is 0 Å². The molecule has 0 amide bonds. The lowest BCUT2D eigenvalue weighted by Gasteiger charge is -2.27. The Hall–Kier alpha value is -1.62. The molecule has 0 aromatic heterocycles. The number of carbonyl (C=O) groups is 1. The largest absolute Gasteiger partial charge is 0.481 e. The summed E-state index contributed by atoms with van der Waals surface area (Å²) < 4.78 is 13.5. The molecule has 1 aliphatic carbocycles. The second-order valence-electron chi connectivity index (χ2n) is 5.44. The number of hydrogen-bond acceptors (Lipinski definition) is 3. The number of aliphatic carboxylic acids is 1. The van der Waals surface area contributed by atoms with Crippen LogP contribution in [-0.2, 0) is 4.79 Å². The van der Waals surface area contributed by atoms with Crippen LogP contribution in [0.25, 0.3) is 0 Å². The Balaban J connectivity index is 1.98. The fourth-order valence-corrected chi connectivity index (χ4v) is 2.67. The normalized spacial score (nSPS) is 24.1. The maximum atomic E-state index is 13.5. The molecule has 5 heteroatoms. The quantitative estimate of drug-likeness (QED) is 0.793. The topological polar surface area (TPSA) is 69.6 Å². The van der Waals surface area contributed by atoms with E-state index in [1.807, 2.05) is 0 Å². The monoisotopic (exact) mass is 281 g/mol. The summed E-state index contributed by atoms with van der Waals surface area (Å²) in [5.74, 6) is -1.38. The van der Waals surface area contributed by atoms with Gasteiger partial charge in [0.25, 0.3) is 0 Å². The Bertz CT molecular complexity index is 482. The molecule has 1 aliphatic rings. The van der Waals surface area contributed by atoms with Gasteiger partial charge in [0.05, 0.1) is 12.0 Å². The maximum Gasteiger partial charge on any atom is 0.306 e. The molecular formula is C15H20FNO3. The van der Waals surface area contributed by atoms with E-state index >= 15 is 0 Å². The number of benzene rings is 1. The second-order valence-corrected chi connectivity index (χ2v) is 5.44. The first kappa shape index (κ1) is 14.8. The highest BCUT2D eigenvalue weighted by Crippen LogP contribution is 2.28. The van der Waals surface area contributed by atoms with Crippen molar-refractivity contribution in [2.75, 3.05) is 5.32 Å². The molecule has 4 nitrogen and oxygen atoms in total. The molecule has 3 N–H and O–H groups in total. The molecule has 0 aliphatic heterocycles. The first-order chi connectivity index (χ1) is 9.47. The van der Waals surface area contributed by atoms with E-state index in [0.717, 1.165) is 18.5 Å². The highest BCUT2D eigenvalue weighted by Gasteiger charge is 2.25. The van der Waals surface area contributed by atoms with Gasteiger partial charge >= 0.3 is 5.97 Å². The predicted octanol–water partition coefficient (Wildman–Crippen LogP) is 2.93. The number of aliphatic hydroxyl groups excluding tert-OH is 1. The molecule has 1 fully saturated rings. The molecular weight excluding hydrogens is 261 g/mol. The van der Waals surface area contributed by atoms with Crippen molar-refractivity contribution in [2.24, 2.45) is 5.92 Å². The zero-order valence-corrected chi connectivity index (χ0v) is 11.5. The summed E-state index contributed by atoms with van der Waals surface area (Å²) in [5.41, 5.74) is 1.04. The fourth-order valence-electron chi connectivity index (χ4n) is 2.67. The Kier molecular flexibility index (Phi) is 4.60. The zero-order chi connectivity index (χ0) is 14.7. The number of aliphatic hydroxyl groups is 1. The van der Waals surface area contributed by atoms with Crippen molar-refractivity contribution < 1.29 is 19.4 Å². The lowest BCUT2D eigenvalue weighted by molar-refractivity contribution is -0.142. The summed E-state index contributed by atoms with van der Waals surface area (Å²) in [7, 11) is 0. The van der Waals surface area contributed by atoms with E-state index in [1.54, 1.807) is 12.1 Å². The number of anilines is 1. The van der Waals surface area contributed by atoms with E-state index in [1.165, 1.54) is 13.0 Å². The lowest BCUT2D eigenvalue weighted by atomic mass is 9.86. The Morgan fingerprint density at radius 3 is 2.55 bits per heavy atom. The molecule has 1 aromatic rings. The third kappa shape index (κ3) is 3.48. The van der Waals surface area contributed by atoms with Crippen LogP contribution in [0.1, 0.15) is 44.3 Å². The first-order valence-electron chi connectivity index (χ1n) is 6.94. The summed E-state index contributed by atoms with van der Waals surface area (Å²) in [4.78, 5) is 10.9. The summed E-state index contributed by atoms with van der Waals surface area (Å²) in [6.45, 7) is 1.53. The minimum absolute atomic E-state index is 0.206. The van der Waals surface area contributed by atoms with Gasteiger partial charge in [0.1, 0.15) is 5.82 Å². The van der Waals surface area contributed by atoms with Gasteiger partial charge < -0.3 is 15.5 Å². The molecule has 110 valence electrons. The maximum absolute atomic E-state index is 13.5. The van der Waals surface area contributed by atoms with Crippen molar-refractivity contribution in [3.05, 3.63) is 29.6 Å². The van der Waals surface area contributed by atoms with Crippen molar-refractivity contribution >= 4 is 11.7 Å². The van der Waals surface area contributed by atoms with Crippen LogP contribution in [0.4, 0.5) is 10.1 Å². The van der Waals surface area contributed by atoms with E-state index in [0.29, 0.717) is 12.8 Å². The molecule has 0 radical (unpaired) electrons. The highest BCUT2D eigenvalue weighted by atomic mass is 19.1. The van der Waals surface area contributed by atoms with Gasteiger partial charge in [0.15, 0.2) is 0 Å². The van der Waals surface area contributed by atoms with Gasteiger partial charge in [-0.25, -0.2) is 4.39 Å². The van der Waals surface area contributed by atoms with Gasteiger partial charge in [-0.1, -0.05) is 0 Å². The molecule has 0 bridgehead atoms. The number of carboxylic acids is 1. The first-order valence-corrected chi connectivity index (χ1v) is 6.94. The lowest BCUT2D eigenvalue weighted by Crippen LogP contribution is -2.29. The van der Waals surface area contributed by atoms with Crippen LogP contribution in [0.2, 0.25) is 0 Å². The molecule has 1 saturated carbocycles. The van der Waals surface area contributed by atoms with Crippen LogP contribution < -0.4 is 5.32 Å². The average Bonchev–Trinajstić information content (AvgIpc) is 2.41.